The van der Waals surface area contributed by atoms with Gasteiger partial charge in [-0.1, -0.05) is 6.92 Å². The quantitative estimate of drug-likeness (QED) is 0.0116. The lowest BCUT2D eigenvalue weighted by Gasteiger charge is -2.27. The number of aliphatic imine (C=N–C) groups is 8. The topological polar surface area (TPSA) is 791 Å². The van der Waals surface area contributed by atoms with Gasteiger partial charge < -0.3 is 134 Å². The zero-order valence-electron chi connectivity index (χ0n) is 61.9. The fraction of sp³-hybridized carbons (Fsp3) is 0.719. The van der Waals surface area contributed by atoms with Crippen LogP contribution in [0.15, 0.2) is 39.9 Å². The Morgan fingerprint density at radius 3 is 0.832 bits per heavy atom. The number of amides is 6. The number of ether oxygens (including phenoxy) is 2. The van der Waals surface area contributed by atoms with Crippen LogP contribution in [0.2, 0.25) is 0 Å². The summed E-state index contributed by atoms with van der Waals surface area (Å²) >= 11 is 4.36. The third-order valence-electron chi connectivity index (χ3n) is 16.3. The molecule has 107 heavy (non-hydrogen) atoms. The summed E-state index contributed by atoms with van der Waals surface area (Å²) in [5.74, 6) is -13.1. The summed E-state index contributed by atoms with van der Waals surface area (Å²) in [7, 11) is 0. The fourth-order valence-electron chi connectivity index (χ4n) is 10.6. The molecule has 0 heterocycles. The van der Waals surface area contributed by atoms with Crippen molar-refractivity contribution in [3.8, 4) is 0 Å². The number of carbonyl (C=O) groups excluding carboxylic acids is 10. The van der Waals surface area contributed by atoms with E-state index in [9.17, 15) is 43.2 Å². The summed E-state index contributed by atoms with van der Waals surface area (Å²) in [5, 5.41) is 14.0. The van der Waals surface area contributed by atoms with Crippen LogP contribution >= 0.6 is 12.6 Å². The number of guanidine groups is 8. The Labute approximate surface area is 630 Å². The summed E-state index contributed by atoms with van der Waals surface area (Å²) in [6.07, 6.45) is 0.374. The number of nitrogens with zero attached hydrogens (tertiary/aromatic N) is 8. The van der Waals surface area contributed by atoms with Crippen molar-refractivity contribution in [1.29, 1.82) is 0 Å². The number of Topliss-reactive ketones (excluding diaryl/α,β-unsaturated/α-hetero) is 4. The van der Waals surface area contributed by atoms with E-state index in [0.717, 1.165) is 0 Å². The molecule has 608 valence electrons. The predicted octanol–water partition coefficient (Wildman–Crippen LogP) is -7.36. The van der Waals surface area contributed by atoms with Gasteiger partial charge in [-0.05, 0) is 109 Å². The van der Waals surface area contributed by atoms with Crippen molar-refractivity contribution >= 4 is 119 Å². The van der Waals surface area contributed by atoms with Crippen molar-refractivity contribution in [1.82, 2.24) is 26.6 Å². The Balaban J connectivity index is 7.60. The van der Waals surface area contributed by atoms with Crippen molar-refractivity contribution in [2.24, 2.45) is 167 Å². The van der Waals surface area contributed by atoms with E-state index in [-0.39, 0.29) is 235 Å². The highest BCUT2D eigenvalue weighted by molar-refractivity contribution is 7.80. The highest BCUT2D eigenvalue weighted by atomic mass is 32.1. The first-order valence-corrected chi connectivity index (χ1v) is 36.4. The van der Waals surface area contributed by atoms with Crippen LogP contribution in [0.1, 0.15) is 148 Å². The zero-order valence-corrected chi connectivity index (χ0v) is 62.8. The fourth-order valence-corrected chi connectivity index (χ4v) is 10.9. The van der Waals surface area contributed by atoms with E-state index < -0.39 is 132 Å². The molecule has 6 amide bonds. The summed E-state index contributed by atoms with van der Waals surface area (Å²) in [6, 6.07) is -5.11. The highest BCUT2D eigenvalue weighted by Gasteiger charge is 2.36. The summed E-state index contributed by atoms with van der Waals surface area (Å²) in [4.78, 5) is 173. The smallest absolute Gasteiger partial charge is 0.224 e. The molecule has 43 heteroatoms. The van der Waals surface area contributed by atoms with Crippen LogP contribution in [0.25, 0.3) is 0 Å². The van der Waals surface area contributed by atoms with Crippen molar-refractivity contribution in [2.75, 3.05) is 91.1 Å². The van der Waals surface area contributed by atoms with Crippen LogP contribution < -0.4 is 124 Å². The molecule has 0 spiro atoms. The molecule has 0 aliphatic rings. The molecule has 0 aliphatic carbocycles. The van der Waals surface area contributed by atoms with Gasteiger partial charge in [0.1, 0.15) is 0 Å². The van der Waals surface area contributed by atoms with E-state index in [1.165, 1.54) is 0 Å². The minimum Gasteiger partial charge on any atom is -0.379 e. The highest BCUT2D eigenvalue weighted by Crippen LogP contribution is 2.23. The summed E-state index contributed by atoms with van der Waals surface area (Å²) in [6.45, 7) is 3.08. The second-order valence-corrected chi connectivity index (χ2v) is 25.8. The Morgan fingerprint density at radius 1 is 0.308 bits per heavy atom. The molecular weight excluding hydrogens is 1410 g/mol. The molecule has 42 nitrogen and oxygen atoms in total. The molecule has 0 saturated carbocycles. The van der Waals surface area contributed by atoms with Gasteiger partial charge in [0.05, 0.1) is 49.9 Å². The number of thiol groups is 1. The molecule has 0 unspecified atom stereocenters. The van der Waals surface area contributed by atoms with Crippen LogP contribution in [0, 0.1) is 29.6 Å². The Hall–Kier alpha value is -10.1. The maximum atomic E-state index is 15.0. The largest absolute Gasteiger partial charge is 0.379 e. The lowest BCUT2D eigenvalue weighted by atomic mass is 9.88. The van der Waals surface area contributed by atoms with Gasteiger partial charge in [-0.25, -0.2) is 0 Å². The van der Waals surface area contributed by atoms with Crippen LogP contribution in [-0.4, -0.2) is 222 Å². The molecule has 0 aromatic carbocycles. The van der Waals surface area contributed by atoms with Crippen LogP contribution in [-0.2, 0) is 57.4 Å². The molecule has 0 aromatic heterocycles. The number of hydrogen-bond donors (Lipinski definition) is 23. The average molecular weight is 1540 g/mol. The number of nitrogens with two attached hydrogens (primary N) is 17. The molecule has 0 radical (unpaired) electrons. The second kappa shape index (κ2) is 58.1. The first-order chi connectivity index (χ1) is 50.7. The Morgan fingerprint density at radius 2 is 0.561 bits per heavy atom. The molecule has 0 saturated heterocycles. The minimum atomic E-state index is -1.38. The van der Waals surface area contributed by atoms with Crippen molar-refractivity contribution in [2.45, 2.75) is 172 Å². The molecule has 0 aliphatic heterocycles. The van der Waals surface area contributed by atoms with Crippen LogP contribution in [0.3, 0.4) is 0 Å². The lowest BCUT2D eigenvalue weighted by Crippen LogP contribution is -2.49. The number of primary amides is 1. The van der Waals surface area contributed by atoms with E-state index in [4.69, 9.17) is 107 Å². The van der Waals surface area contributed by atoms with Crippen molar-refractivity contribution in [3.63, 3.8) is 0 Å². The third kappa shape index (κ3) is 50.9. The molecule has 0 fully saturated rings. The van der Waals surface area contributed by atoms with Gasteiger partial charge in [0.2, 0.25) is 35.4 Å². The maximum Gasteiger partial charge on any atom is 0.224 e. The monoisotopic (exact) mass is 1540 g/mol. The molecule has 9 atom stereocenters. The van der Waals surface area contributed by atoms with Crippen LogP contribution in [0.4, 0.5) is 0 Å². The normalized spacial score (nSPS) is 13.4. The van der Waals surface area contributed by atoms with Gasteiger partial charge in [-0.2, -0.15) is 12.6 Å². The minimum absolute atomic E-state index is 0.00105. The molecule has 0 aromatic rings. The van der Waals surface area contributed by atoms with E-state index in [2.05, 4.69) is 79.2 Å². The van der Waals surface area contributed by atoms with Gasteiger partial charge in [0.15, 0.2) is 70.8 Å². The van der Waals surface area contributed by atoms with E-state index in [1.54, 1.807) is 6.92 Å². The zero-order chi connectivity index (χ0) is 80.7. The van der Waals surface area contributed by atoms with E-state index >= 15 is 4.79 Å². The van der Waals surface area contributed by atoms with E-state index in [1.807, 2.05) is 0 Å². The molecule has 39 N–H and O–H groups in total. The Kier molecular flexibility index (Phi) is 52.7. The van der Waals surface area contributed by atoms with Crippen molar-refractivity contribution < 1.29 is 57.4 Å². The van der Waals surface area contributed by atoms with Crippen LogP contribution in [0.5, 0.6) is 0 Å². The van der Waals surface area contributed by atoms with Gasteiger partial charge >= 0.3 is 0 Å². The number of ketones is 4. The number of hydrogen-bond acceptors (Lipinski definition) is 21. The SMILES string of the molecule is C[C@H](CCCN=C(N)N)C(=O)N[C@H](CCCN=C(N)N)C(=O)C[C@H](CCCN=C(N)N)C(=O)N[C@H](CCCN=C(N)N)C(=O)C[C@H](CCCN=C(N)N)C(=O)N[C@H](CCCN=C(N)N)C(=O)C[C@H](CCCN=C(N)N)C(=O)N[C@H](CCCN=C(N)N)C(=O)C[C@H](CS)C(=O)NCCOCCOCCCC(N)=O. The molecule has 0 bridgehead atoms. The number of nitrogens with one attached hydrogen (secondary N) is 5. The number of rotatable bonds is 64. The van der Waals surface area contributed by atoms with Crippen molar-refractivity contribution in [3.05, 3.63) is 0 Å². The van der Waals surface area contributed by atoms with Gasteiger partial charge in [0.25, 0.3) is 0 Å². The third-order valence-corrected chi connectivity index (χ3v) is 16.7. The Bertz CT molecular complexity index is 2980. The van der Waals surface area contributed by atoms with Gasteiger partial charge in [-0.15, -0.1) is 0 Å². The second-order valence-electron chi connectivity index (χ2n) is 25.5. The summed E-state index contributed by atoms with van der Waals surface area (Å²) in [5.41, 5.74) is 94.8. The van der Waals surface area contributed by atoms with Gasteiger partial charge in [0, 0.05) is 127 Å². The number of carbonyl (C=O) groups is 10. The van der Waals surface area contributed by atoms with E-state index in [0.29, 0.717) is 25.9 Å². The van der Waals surface area contributed by atoms with Gasteiger partial charge in [-0.3, -0.25) is 87.9 Å². The standard InChI is InChI=1S/C64H124N30O12S/c1-38(11-2-20-83-57(66)67)52(100)91-43(15-6-24-87-61(74)75)47(95)33-39(12-3-21-84-58(68)69)54(102)92-44(16-7-25-88-62(76)77)48(96)34-40(13-4-22-85-59(70)71)55(103)93-45(17-8-26-89-63(78)79)49(97)35-41(14-5-23-86-60(72)73)56(104)94-46(18-9-27-90-64(80)81)50(98)36-42(37-107)53(101)82-28-30-106-32-31-105-29-10-19-51(65)99/h38-46,107H,2-37H2,1H3,(H2,65,99)(H,82,101)(H,91,100)(H,92,102)(H,93,103)(H,94,104)(H4,66,67,83)(H4,68,69,84)(H4,70,71,85)(H4,72,73,86)(H4,74,75,87)(H4,76,77,88)(H4,78,79,89)(H4,80,81,90)/t38-,39+,40+,41+,42-,43-,44-,45-,46-/m1/s1. The average Bonchev–Trinajstić information content (AvgIpc) is 0.862. The maximum absolute atomic E-state index is 15.0. The lowest BCUT2D eigenvalue weighted by molar-refractivity contribution is -0.136. The first kappa shape index (κ1) is 96.9. The molecular formula is C64H124N30O12S. The summed E-state index contributed by atoms with van der Waals surface area (Å²) < 4.78 is 10.9. The predicted molar refractivity (Wildman–Crippen MR) is 416 cm³/mol. The molecule has 0 rings (SSSR count). The first-order valence-electron chi connectivity index (χ1n) is 35.7.